The molecule has 0 atom stereocenters. The van der Waals surface area contributed by atoms with Crippen molar-refractivity contribution in [2.24, 2.45) is 0 Å². The molecule has 1 aromatic heterocycles. The summed E-state index contributed by atoms with van der Waals surface area (Å²) >= 11 is 1.20. The zero-order valence-corrected chi connectivity index (χ0v) is 12.2. The fourth-order valence-corrected chi connectivity index (χ4v) is 3.99. The molecule has 0 aliphatic heterocycles. The van der Waals surface area contributed by atoms with Gasteiger partial charge in [-0.05, 0) is 18.4 Å². The van der Waals surface area contributed by atoms with E-state index in [4.69, 9.17) is 0 Å². The highest BCUT2D eigenvalue weighted by molar-refractivity contribution is 7.93. The average molecular weight is 305 g/mol. The van der Waals surface area contributed by atoms with Crippen LogP contribution in [0, 0.1) is 6.92 Å². The van der Waals surface area contributed by atoms with E-state index in [9.17, 15) is 8.42 Å². The molecule has 0 aliphatic rings. The molecule has 0 radical (unpaired) electrons. The lowest BCUT2D eigenvalue weighted by atomic mass is 10.1. The van der Waals surface area contributed by atoms with Crippen molar-refractivity contribution < 1.29 is 8.42 Å². The Balaban J connectivity index is 2.09. The number of nitrogens with one attached hydrogen (secondary N) is 1. The molecule has 3 rings (SSSR count). The summed E-state index contributed by atoms with van der Waals surface area (Å²) < 4.78 is 27.4. The van der Waals surface area contributed by atoms with E-state index >= 15 is 0 Å². The van der Waals surface area contributed by atoms with Crippen LogP contribution < -0.4 is 4.72 Å². The summed E-state index contributed by atoms with van der Waals surface area (Å²) in [6, 6.07) is 12.5. The first-order valence-corrected chi connectivity index (χ1v) is 8.17. The van der Waals surface area contributed by atoms with E-state index in [0.29, 0.717) is 10.4 Å². The minimum atomic E-state index is -3.67. The van der Waals surface area contributed by atoms with E-state index in [1.54, 1.807) is 25.1 Å². The molecule has 0 saturated carbocycles. The van der Waals surface area contributed by atoms with Gasteiger partial charge in [-0.1, -0.05) is 47.7 Å². The Hall–Kier alpha value is -1.99. The summed E-state index contributed by atoms with van der Waals surface area (Å²) in [6.07, 6.45) is 0. The normalized spacial score (nSPS) is 11.7. The van der Waals surface area contributed by atoms with Gasteiger partial charge in [0.05, 0.1) is 4.90 Å². The molecule has 0 saturated heterocycles. The highest BCUT2D eigenvalue weighted by Crippen LogP contribution is 2.25. The topological polar surface area (TPSA) is 72.0 Å². The summed E-state index contributed by atoms with van der Waals surface area (Å²) in [7, 11) is -3.67. The Labute approximate surface area is 120 Å². The van der Waals surface area contributed by atoms with Crippen LogP contribution in [0.25, 0.3) is 10.8 Å². The smallest absolute Gasteiger partial charge is 0.253 e. The summed E-state index contributed by atoms with van der Waals surface area (Å²) in [4.78, 5) is 0.239. The van der Waals surface area contributed by atoms with Crippen LogP contribution in [0.5, 0.6) is 0 Å². The molecule has 20 heavy (non-hydrogen) atoms. The average Bonchev–Trinajstić information content (AvgIpc) is 2.82. The predicted molar refractivity (Wildman–Crippen MR) is 79.4 cm³/mol. The molecule has 0 fully saturated rings. The number of fused-ring (bicyclic) bond motifs is 1. The minimum absolute atomic E-state index is 0.239. The molecule has 2 aromatic carbocycles. The quantitative estimate of drug-likeness (QED) is 0.807. The number of rotatable bonds is 3. The Morgan fingerprint density at radius 1 is 1.05 bits per heavy atom. The third kappa shape index (κ3) is 2.37. The first-order chi connectivity index (χ1) is 9.56. The number of aryl methyl sites for hydroxylation is 1. The lowest BCUT2D eigenvalue weighted by Crippen LogP contribution is -2.13. The maximum Gasteiger partial charge on any atom is 0.264 e. The van der Waals surface area contributed by atoms with Gasteiger partial charge < -0.3 is 0 Å². The molecule has 0 spiro atoms. The van der Waals surface area contributed by atoms with E-state index < -0.39 is 10.0 Å². The molecular formula is C13H11N3O2S2. The highest BCUT2D eigenvalue weighted by Gasteiger charge is 2.18. The monoisotopic (exact) mass is 305 g/mol. The predicted octanol–water partition coefficient (Wildman–Crippen LogP) is 2.80. The van der Waals surface area contributed by atoms with Gasteiger partial charge in [-0.2, -0.15) is 0 Å². The van der Waals surface area contributed by atoms with Gasteiger partial charge in [-0.25, -0.2) is 8.42 Å². The fourth-order valence-electron chi connectivity index (χ4n) is 1.94. The second kappa shape index (κ2) is 4.84. The Bertz CT molecular complexity index is 867. The van der Waals surface area contributed by atoms with Crippen molar-refractivity contribution in [2.75, 3.05) is 4.72 Å². The van der Waals surface area contributed by atoms with Gasteiger partial charge in [0.25, 0.3) is 10.0 Å². The molecule has 5 nitrogen and oxygen atoms in total. The van der Waals surface area contributed by atoms with Crippen LogP contribution in [0.3, 0.4) is 0 Å². The SMILES string of the molecule is Cc1nnc(NS(=O)(=O)c2cccc3ccccc23)s1. The van der Waals surface area contributed by atoms with Crippen molar-refractivity contribution in [3.63, 3.8) is 0 Å². The number of hydrogen-bond donors (Lipinski definition) is 1. The lowest BCUT2D eigenvalue weighted by Gasteiger charge is -2.08. The third-order valence-electron chi connectivity index (χ3n) is 2.79. The Morgan fingerprint density at radius 3 is 2.55 bits per heavy atom. The van der Waals surface area contributed by atoms with Gasteiger partial charge in [-0.15, -0.1) is 10.2 Å². The van der Waals surface area contributed by atoms with Crippen LogP contribution >= 0.6 is 11.3 Å². The highest BCUT2D eigenvalue weighted by atomic mass is 32.2. The van der Waals surface area contributed by atoms with E-state index in [2.05, 4.69) is 14.9 Å². The lowest BCUT2D eigenvalue weighted by molar-refractivity contribution is 0.602. The van der Waals surface area contributed by atoms with Crippen LogP contribution in [0.4, 0.5) is 5.13 Å². The number of benzene rings is 2. The third-order valence-corrected chi connectivity index (χ3v) is 5.07. The van der Waals surface area contributed by atoms with E-state index in [-0.39, 0.29) is 10.0 Å². The van der Waals surface area contributed by atoms with E-state index in [1.165, 1.54) is 11.3 Å². The van der Waals surface area contributed by atoms with Crippen molar-refractivity contribution in [2.45, 2.75) is 11.8 Å². The summed E-state index contributed by atoms with van der Waals surface area (Å²) in [6.45, 7) is 1.77. The Morgan fingerprint density at radius 2 is 1.80 bits per heavy atom. The van der Waals surface area contributed by atoms with Crippen LogP contribution in [0.1, 0.15) is 5.01 Å². The van der Waals surface area contributed by atoms with Gasteiger partial charge in [0.15, 0.2) is 0 Å². The van der Waals surface area contributed by atoms with E-state index in [1.807, 2.05) is 24.3 Å². The number of anilines is 1. The standard InChI is InChI=1S/C13H11N3O2S2/c1-9-14-15-13(19-9)16-20(17,18)12-8-4-6-10-5-2-3-7-11(10)12/h2-8H,1H3,(H,15,16). The zero-order chi connectivity index (χ0) is 14.2. The molecule has 3 aromatic rings. The van der Waals surface area contributed by atoms with E-state index in [0.717, 1.165) is 5.39 Å². The number of aromatic nitrogens is 2. The Kier molecular flexibility index (Phi) is 3.15. The summed E-state index contributed by atoms with van der Waals surface area (Å²) in [5.74, 6) is 0. The van der Waals surface area contributed by atoms with Gasteiger partial charge in [0.2, 0.25) is 5.13 Å². The van der Waals surface area contributed by atoms with Gasteiger partial charge in [0, 0.05) is 5.39 Å². The molecule has 1 heterocycles. The summed E-state index contributed by atoms with van der Waals surface area (Å²) in [5, 5.41) is 10.1. The van der Waals surface area contributed by atoms with Crippen molar-refractivity contribution in [3.05, 3.63) is 47.5 Å². The molecule has 0 unspecified atom stereocenters. The van der Waals surface area contributed by atoms with Crippen molar-refractivity contribution in [3.8, 4) is 0 Å². The maximum absolute atomic E-state index is 12.5. The fraction of sp³-hybridized carbons (Fsp3) is 0.0769. The number of sulfonamides is 1. The molecule has 102 valence electrons. The molecule has 0 aliphatic carbocycles. The van der Waals surface area contributed by atoms with Gasteiger partial charge in [-0.3, -0.25) is 4.72 Å². The summed E-state index contributed by atoms with van der Waals surface area (Å²) in [5.41, 5.74) is 0. The van der Waals surface area contributed by atoms with Gasteiger partial charge >= 0.3 is 0 Å². The number of nitrogens with zero attached hydrogens (tertiary/aromatic N) is 2. The first kappa shape index (κ1) is 13.0. The van der Waals surface area contributed by atoms with Crippen molar-refractivity contribution in [1.82, 2.24) is 10.2 Å². The molecule has 7 heteroatoms. The molecule has 0 amide bonds. The van der Waals surface area contributed by atoms with Crippen LogP contribution in [-0.4, -0.2) is 18.6 Å². The minimum Gasteiger partial charge on any atom is -0.253 e. The molecule has 0 bridgehead atoms. The molecule has 1 N–H and O–H groups in total. The van der Waals surface area contributed by atoms with Crippen LogP contribution in [0.2, 0.25) is 0 Å². The first-order valence-electron chi connectivity index (χ1n) is 5.87. The van der Waals surface area contributed by atoms with Gasteiger partial charge in [0.1, 0.15) is 5.01 Å². The van der Waals surface area contributed by atoms with Crippen molar-refractivity contribution >= 4 is 37.3 Å². The largest absolute Gasteiger partial charge is 0.264 e. The maximum atomic E-state index is 12.5. The zero-order valence-electron chi connectivity index (χ0n) is 10.6. The number of hydrogen-bond acceptors (Lipinski definition) is 5. The molecular weight excluding hydrogens is 294 g/mol. The van der Waals surface area contributed by atoms with Crippen molar-refractivity contribution in [1.29, 1.82) is 0 Å². The van der Waals surface area contributed by atoms with Crippen LogP contribution in [0.15, 0.2) is 47.4 Å². The second-order valence-electron chi connectivity index (χ2n) is 4.21. The second-order valence-corrected chi connectivity index (χ2v) is 7.04. The van der Waals surface area contributed by atoms with Crippen LogP contribution in [-0.2, 0) is 10.0 Å².